The van der Waals surface area contributed by atoms with Gasteiger partial charge in [-0.25, -0.2) is 0 Å². The van der Waals surface area contributed by atoms with Crippen LogP contribution in [0.3, 0.4) is 0 Å². The molecule has 0 N–H and O–H groups in total. The number of hydrogen-bond acceptors (Lipinski definition) is 1. The van der Waals surface area contributed by atoms with Gasteiger partial charge in [0.25, 0.3) is 0 Å². The molecule has 0 saturated carbocycles. The normalized spacial score (nSPS) is 11.2. The highest BCUT2D eigenvalue weighted by molar-refractivity contribution is 5.89. The van der Waals surface area contributed by atoms with Gasteiger partial charge in [-0.2, -0.15) is 0 Å². The second-order valence-electron chi connectivity index (χ2n) is 4.67. The summed E-state index contributed by atoms with van der Waals surface area (Å²) in [6, 6.07) is 18.8. The van der Waals surface area contributed by atoms with Crippen LogP contribution in [0.4, 0.5) is 0 Å². The Balaban J connectivity index is 2.02. The van der Waals surface area contributed by atoms with Crippen molar-refractivity contribution >= 4 is 23.1 Å². The van der Waals surface area contributed by atoms with E-state index in [1.54, 1.807) is 0 Å². The Bertz CT molecular complexity index is 736. The molecule has 0 amide bonds. The Labute approximate surface area is 113 Å². The summed E-state index contributed by atoms with van der Waals surface area (Å²) in [7, 11) is 0. The minimum atomic E-state index is 1.05. The van der Waals surface area contributed by atoms with Gasteiger partial charge in [-0.05, 0) is 18.6 Å². The van der Waals surface area contributed by atoms with Crippen molar-refractivity contribution in [3.8, 4) is 0 Å². The molecule has 0 unspecified atom stereocenters. The lowest BCUT2D eigenvalue weighted by Gasteiger charge is -2.01. The molecule has 1 nitrogen and oxygen atoms in total. The predicted molar refractivity (Wildman–Crippen MR) is 81.9 cm³/mol. The van der Waals surface area contributed by atoms with Gasteiger partial charge < -0.3 is 0 Å². The summed E-state index contributed by atoms with van der Waals surface area (Å²) in [6.07, 6.45) is 6.10. The van der Waals surface area contributed by atoms with Crippen LogP contribution in [0.2, 0.25) is 0 Å². The second kappa shape index (κ2) is 5.07. The van der Waals surface area contributed by atoms with Gasteiger partial charge in [0.1, 0.15) is 0 Å². The van der Waals surface area contributed by atoms with Crippen molar-refractivity contribution < 1.29 is 0 Å². The maximum Gasteiger partial charge on any atom is 0.0774 e. The van der Waals surface area contributed by atoms with Gasteiger partial charge in [0.2, 0.25) is 0 Å². The lowest BCUT2D eigenvalue weighted by Crippen LogP contribution is -1.82. The number of para-hydroxylation sites is 1. The van der Waals surface area contributed by atoms with E-state index >= 15 is 0 Å². The molecular formula is C18H15N. The van der Waals surface area contributed by atoms with E-state index in [2.05, 4.69) is 72.6 Å². The number of benzene rings is 2. The Kier molecular flexibility index (Phi) is 3.11. The molecule has 0 radical (unpaired) electrons. The number of aryl methyl sites for hydroxylation is 1. The van der Waals surface area contributed by atoms with Gasteiger partial charge in [0.05, 0.1) is 5.52 Å². The second-order valence-corrected chi connectivity index (χ2v) is 4.67. The van der Waals surface area contributed by atoms with Crippen LogP contribution in [-0.4, -0.2) is 4.98 Å². The fourth-order valence-corrected chi connectivity index (χ4v) is 2.22. The van der Waals surface area contributed by atoms with Crippen molar-refractivity contribution in [2.45, 2.75) is 6.92 Å². The zero-order chi connectivity index (χ0) is 13.1. The lowest BCUT2D eigenvalue weighted by atomic mass is 10.1. The van der Waals surface area contributed by atoms with Crippen molar-refractivity contribution in [3.63, 3.8) is 0 Å². The molecule has 0 aliphatic rings. The van der Waals surface area contributed by atoms with Gasteiger partial charge in [0, 0.05) is 17.1 Å². The average Bonchev–Trinajstić information content (AvgIpc) is 2.45. The molecule has 1 heteroatoms. The third kappa shape index (κ3) is 2.55. The Morgan fingerprint density at radius 2 is 1.74 bits per heavy atom. The minimum absolute atomic E-state index is 1.05. The SMILES string of the molecule is Cc1cccc(C=Cc2cccc3cccnc23)c1. The van der Waals surface area contributed by atoms with E-state index in [4.69, 9.17) is 0 Å². The summed E-state index contributed by atoms with van der Waals surface area (Å²) in [5.74, 6) is 0. The molecule has 2 aromatic carbocycles. The number of pyridine rings is 1. The van der Waals surface area contributed by atoms with Gasteiger partial charge in [-0.1, -0.05) is 66.2 Å². The molecule has 3 rings (SSSR count). The van der Waals surface area contributed by atoms with E-state index in [9.17, 15) is 0 Å². The van der Waals surface area contributed by atoms with Crippen LogP contribution in [0.25, 0.3) is 23.1 Å². The van der Waals surface area contributed by atoms with E-state index in [0.29, 0.717) is 0 Å². The Morgan fingerprint density at radius 3 is 2.63 bits per heavy atom. The molecule has 1 aromatic heterocycles. The molecule has 1 heterocycles. The summed E-state index contributed by atoms with van der Waals surface area (Å²) < 4.78 is 0. The maximum atomic E-state index is 4.46. The molecule has 0 aliphatic heterocycles. The zero-order valence-electron chi connectivity index (χ0n) is 10.9. The number of hydrogen-bond donors (Lipinski definition) is 0. The highest BCUT2D eigenvalue weighted by atomic mass is 14.6. The maximum absolute atomic E-state index is 4.46. The van der Waals surface area contributed by atoms with E-state index in [1.165, 1.54) is 16.5 Å². The standard InChI is InChI=1S/C18H15N/c1-14-5-2-6-15(13-14)10-11-17-8-3-7-16-9-4-12-19-18(16)17/h2-13H,1H3. The summed E-state index contributed by atoms with van der Waals surface area (Å²) in [6.45, 7) is 2.11. The molecule has 0 aliphatic carbocycles. The Hall–Kier alpha value is -2.41. The van der Waals surface area contributed by atoms with Gasteiger partial charge in [-0.3, -0.25) is 4.98 Å². The van der Waals surface area contributed by atoms with E-state index in [0.717, 1.165) is 11.1 Å². The molecule has 0 bridgehead atoms. The first-order chi connectivity index (χ1) is 9.33. The van der Waals surface area contributed by atoms with Crippen LogP contribution in [0.5, 0.6) is 0 Å². The molecule has 0 fully saturated rings. The monoisotopic (exact) mass is 245 g/mol. The van der Waals surface area contributed by atoms with Crippen molar-refractivity contribution in [1.82, 2.24) is 4.98 Å². The molecule has 19 heavy (non-hydrogen) atoms. The number of nitrogens with zero attached hydrogens (tertiary/aromatic N) is 1. The number of rotatable bonds is 2. The van der Waals surface area contributed by atoms with Crippen molar-refractivity contribution in [1.29, 1.82) is 0 Å². The summed E-state index contributed by atoms with van der Waals surface area (Å²) in [4.78, 5) is 4.46. The topological polar surface area (TPSA) is 12.9 Å². The summed E-state index contributed by atoms with van der Waals surface area (Å²) in [5, 5.41) is 1.17. The van der Waals surface area contributed by atoms with Crippen molar-refractivity contribution in [2.75, 3.05) is 0 Å². The lowest BCUT2D eigenvalue weighted by molar-refractivity contribution is 1.41. The van der Waals surface area contributed by atoms with Crippen molar-refractivity contribution in [2.24, 2.45) is 0 Å². The van der Waals surface area contributed by atoms with Crippen LogP contribution in [0, 0.1) is 6.92 Å². The zero-order valence-corrected chi connectivity index (χ0v) is 10.9. The fourth-order valence-electron chi connectivity index (χ4n) is 2.22. The first kappa shape index (κ1) is 11.7. The molecular weight excluding hydrogens is 230 g/mol. The molecule has 0 atom stereocenters. The quantitative estimate of drug-likeness (QED) is 0.596. The molecule has 92 valence electrons. The largest absolute Gasteiger partial charge is 0.256 e. The minimum Gasteiger partial charge on any atom is -0.256 e. The third-order valence-corrected chi connectivity index (χ3v) is 3.16. The number of fused-ring (bicyclic) bond motifs is 1. The summed E-state index contributed by atoms with van der Waals surface area (Å²) in [5.41, 5.74) is 4.69. The van der Waals surface area contributed by atoms with Crippen LogP contribution < -0.4 is 0 Å². The third-order valence-electron chi connectivity index (χ3n) is 3.16. The number of aromatic nitrogens is 1. The van der Waals surface area contributed by atoms with Crippen LogP contribution in [-0.2, 0) is 0 Å². The fraction of sp³-hybridized carbons (Fsp3) is 0.0556. The highest BCUT2D eigenvalue weighted by Crippen LogP contribution is 2.18. The molecule has 3 aromatic rings. The van der Waals surface area contributed by atoms with Crippen molar-refractivity contribution in [3.05, 3.63) is 77.5 Å². The van der Waals surface area contributed by atoms with E-state index < -0.39 is 0 Å². The average molecular weight is 245 g/mol. The highest BCUT2D eigenvalue weighted by Gasteiger charge is 1.97. The molecule has 0 saturated heterocycles. The van der Waals surface area contributed by atoms with E-state index in [1.807, 2.05) is 12.3 Å². The Morgan fingerprint density at radius 1 is 0.895 bits per heavy atom. The first-order valence-corrected chi connectivity index (χ1v) is 6.41. The van der Waals surface area contributed by atoms with Crippen LogP contribution in [0.1, 0.15) is 16.7 Å². The van der Waals surface area contributed by atoms with Crippen LogP contribution in [0.15, 0.2) is 60.8 Å². The predicted octanol–water partition coefficient (Wildman–Crippen LogP) is 4.71. The van der Waals surface area contributed by atoms with E-state index in [-0.39, 0.29) is 0 Å². The first-order valence-electron chi connectivity index (χ1n) is 6.41. The van der Waals surface area contributed by atoms with Gasteiger partial charge >= 0.3 is 0 Å². The van der Waals surface area contributed by atoms with Gasteiger partial charge in [0.15, 0.2) is 0 Å². The van der Waals surface area contributed by atoms with Crippen LogP contribution >= 0.6 is 0 Å². The van der Waals surface area contributed by atoms with Gasteiger partial charge in [-0.15, -0.1) is 0 Å². The molecule has 0 spiro atoms. The smallest absolute Gasteiger partial charge is 0.0774 e. The summed E-state index contributed by atoms with van der Waals surface area (Å²) >= 11 is 0.